The van der Waals surface area contributed by atoms with Crippen molar-refractivity contribution in [3.8, 4) is 0 Å². The lowest BCUT2D eigenvalue weighted by Crippen LogP contribution is -1.94. The third kappa shape index (κ3) is 2.29. The second-order valence-corrected chi connectivity index (χ2v) is 2.61. The molecule has 54 valence electrons. The van der Waals surface area contributed by atoms with E-state index in [-0.39, 0.29) is 0 Å². The van der Waals surface area contributed by atoms with Crippen LogP contribution in [0.25, 0.3) is 6.08 Å². The molecule has 1 rings (SSSR count). The van der Waals surface area contributed by atoms with Crippen LogP contribution in [-0.4, -0.2) is 11.5 Å². The van der Waals surface area contributed by atoms with Crippen LogP contribution in [0.1, 0.15) is 12.1 Å². The van der Waals surface area contributed by atoms with Gasteiger partial charge < -0.3 is 5.73 Å². The van der Waals surface area contributed by atoms with Crippen LogP contribution in [0.15, 0.2) is 17.0 Å². The SMILES string of the molecule is NCC/C=C/c1cscn1. The second kappa shape index (κ2) is 4.19. The molecule has 0 unspecified atom stereocenters. The van der Waals surface area contributed by atoms with Gasteiger partial charge in [-0.1, -0.05) is 6.08 Å². The van der Waals surface area contributed by atoms with Gasteiger partial charge in [0.15, 0.2) is 0 Å². The van der Waals surface area contributed by atoms with E-state index >= 15 is 0 Å². The topological polar surface area (TPSA) is 38.9 Å². The van der Waals surface area contributed by atoms with Crippen molar-refractivity contribution in [3.05, 3.63) is 22.7 Å². The van der Waals surface area contributed by atoms with Crippen LogP contribution in [0.4, 0.5) is 0 Å². The Morgan fingerprint density at radius 2 is 2.60 bits per heavy atom. The number of aromatic nitrogens is 1. The van der Waals surface area contributed by atoms with E-state index in [1.54, 1.807) is 11.3 Å². The summed E-state index contributed by atoms with van der Waals surface area (Å²) >= 11 is 1.60. The van der Waals surface area contributed by atoms with Crippen molar-refractivity contribution in [2.75, 3.05) is 6.54 Å². The Hall–Kier alpha value is -0.670. The summed E-state index contributed by atoms with van der Waals surface area (Å²) in [5.41, 5.74) is 8.15. The normalized spacial score (nSPS) is 10.9. The maximum atomic E-state index is 5.30. The zero-order chi connectivity index (χ0) is 7.23. The molecule has 0 bridgehead atoms. The maximum absolute atomic E-state index is 5.30. The van der Waals surface area contributed by atoms with Crippen LogP contribution in [0.3, 0.4) is 0 Å². The molecule has 0 saturated carbocycles. The summed E-state index contributed by atoms with van der Waals surface area (Å²) in [6, 6.07) is 0. The first kappa shape index (κ1) is 7.44. The van der Waals surface area contributed by atoms with E-state index in [0.29, 0.717) is 6.54 Å². The first-order chi connectivity index (χ1) is 4.93. The zero-order valence-corrected chi connectivity index (χ0v) is 6.47. The molecule has 2 N–H and O–H groups in total. The van der Waals surface area contributed by atoms with Gasteiger partial charge >= 0.3 is 0 Å². The molecule has 0 fully saturated rings. The molecule has 2 nitrogen and oxygen atoms in total. The molecular formula is C7H10N2S. The standard InChI is InChI=1S/C7H10N2S/c8-4-2-1-3-7-5-10-6-9-7/h1,3,5-6H,2,4,8H2/b3-1+. The van der Waals surface area contributed by atoms with Crippen molar-refractivity contribution in [1.82, 2.24) is 4.98 Å². The molecule has 0 aromatic carbocycles. The highest BCUT2D eigenvalue weighted by atomic mass is 32.1. The maximum Gasteiger partial charge on any atom is 0.0798 e. The van der Waals surface area contributed by atoms with Crippen molar-refractivity contribution in [1.29, 1.82) is 0 Å². The molecular weight excluding hydrogens is 144 g/mol. The smallest absolute Gasteiger partial charge is 0.0798 e. The van der Waals surface area contributed by atoms with Gasteiger partial charge in [0.2, 0.25) is 0 Å². The highest BCUT2D eigenvalue weighted by Gasteiger charge is 1.84. The fourth-order valence-corrected chi connectivity index (χ4v) is 1.13. The molecule has 0 aliphatic heterocycles. The van der Waals surface area contributed by atoms with E-state index in [1.807, 2.05) is 23.0 Å². The fourth-order valence-electron chi connectivity index (χ4n) is 0.604. The fraction of sp³-hybridized carbons (Fsp3) is 0.286. The van der Waals surface area contributed by atoms with Crippen LogP contribution >= 0.6 is 11.3 Å². The quantitative estimate of drug-likeness (QED) is 0.716. The third-order valence-electron chi connectivity index (χ3n) is 1.07. The minimum absolute atomic E-state index is 0.709. The van der Waals surface area contributed by atoms with Crippen molar-refractivity contribution in [2.45, 2.75) is 6.42 Å². The minimum Gasteiger partial charge on any atom is -0.330 e. The van der Waals surface area contributed by atoms with Crippen LogP contribution in [-0.2, 0) is 0 Å². The van der Waals surface area contributed by atoms with Gasteiger partial charge in [0.05, 0.1) is 11.2 Å². The molecule has 0 amide bonds. The molecule has 1 aromatic heterocycles. The highest BCUT2D eigenvalue weighted by Crippen LogP contribution is 2.02. The Kier molecular flexibility index (Phi) is 3.12. The van der Waals surface area contributed by atoms with Crippen molar-refractivity contribution >= 4 is 17.4 Å². The van der Waals surface area contributed by atoms with E-state index in [2.05, 4.69) is 4.98 Å². The van der Waals surface area contributed by atoms with Crippen LogP contribution in [0, 0.1) is 0 Å². The number of hydrogen-bond acceptors (Lipinski definition) is 3. The summed E-state index contributed by atoms with van der Waals surface area (Å²) in [5.74, 6) is 0. The molecule has 0 saturated heterocycles. The molecule has 1 heterocycles. The van der Waals surface area contributed by atoms with Crippen molar-refractivity contribution in [2.24, 2.45) is 5.73 Å². The monoisotopic (exact) mass is 154 g/mol. The van der Waals surface area contributed by atoms with E-state index in [0.717, 1.165) is 12.1 Å². The molecule has 0 aliphatic carbocycles. The molecule has 10 heavy (non-hydrogen) atoms. The molecule has 1 aromatic rings. The van der Waals surface area contributed by atoms with Crippen molar-refractivity contribution in [3.63, 3.8) is 0 Å². The molecule has 0 aliphatic rings. The average molecular weight is 154 g/mol. The molecule has 3 heteroatoms. The van der Waals surface area contributed by atoms with Gasteiger partial charge in [-0.25, -0.2) is 4.98 Å². The Labute approximate surface area is 64.4 Å². The Bertz CT molecular complexity index is 191. The third-order valence-corrected chi connectivity index (χ3v) is 1.68. The number of thiazole rings is 1. The first-order valence-corrected chi connectivity index (χ1v) is 4.12. The van der Waals surface area contributed by atoms with Gasteiger partial charge in [-0.15, -0.1) is 11.3 Å². The van der Waals surface area contributed by atoms with Gasteiger partial charge in [-0.2, -0.15) is 0 Å². The predicted octanol–water partition coefficient (Wildman–Crippen LogP) is 1.51. The number of hydrogen-bond donors (Lipinski definition) is 1. The zero-order valence-electron chi connectivity index (χ0n) is 5.66. The van der Waals surface area contributed by atoms with Gasteiger partial charge in [-0.3, -0.25) is 0 Å². The van der Waals surface area contributed by atoms with E-state index < -0.39 is 0 Å². The Balaban J connectivity index is 2.40. The summed E-state index contributed by atoms with van der Waals surface area (Å²) in [5, 5.41) is 2.01. The van der Waals surface area contributed by atoms with E-state index in [1.165, 1.54) is 0 Å². The first-order valence-electron chi connectivity index (χ1n) is 3.18. The van der Waals surface area contributed by atoms with Crippen LogP contribution in [0.2, 0.25) is 0 Å². The van der Waals surface area contributed by atoms with Gasteiger partial charge in [0.1, 0.15) is 0 Å². The van der Waals surface area contributed by atoms with Gasteiger partial charge in [0, 0.05) is 5.38 Å². The van der Waals surface area contributed by atoms with Crippen LogP contribution < -0.4 is 5.73 Å². The molecule has 0 atom stereocenters. The lowest BCUT2D eigenvalue weighted by Gasteiger charge is -1.82. The average Bonchev–Trinajstić information content (AvgIpc) is 2.41. The summed E-state index contributed by atoms with van der Waals surface area (Å²) in [7, 11) is 0. The number of nitrogens with zero attached hydrogens (tertiary/aromatic N) is 1. The second-order valence-electron chi connectivity index (χ2n) is 1.89. The van der Waals surface area contributed by atoms with E-state index in [4.69, 9.17) is 5.73 Å². The lowest BCUT2D eigenvalue weighted by molar-refractivity contribution is 1.01. The van der Waals surface area contributed by atoms with Crippen LogP contribution in [0.5, 0.6) is 0 Å². The Morgan fingerprint density at radius 1 is 1.70 bits per heavy atom. The number of nitrogens with two attached hydrogens (primary N) is 1. The van der Waals surface area contributed by atoms with Crippen molar-refractivity contribution < 1.29 is 0 Å². The summed E-state index contributed by atoms with van der Waals surface area (Å²) in [6.07, 6.45) is 4.95. The predicted molar refractivity (Wildman–Crippen MR) is 44.8 cm³/mol. The van der Waals surface area contributed by atoms with E-state index in [9.17, 15) is 0 Å². The molecule has 0 spiro atoms. The highest BCUT2D eigenvalue weighted by molar-refractivity contribution is 7.07. The summed E-state index contributed by atoms with van der Waals surface area (Å²) < 4.78 is 0. The number of rotatable bonds is 3. The molecule has 0 radical (unpaired) electrons. The Morgan fingerprint density at radius 3 is 3.20 bits per heavy atom. The lowest BCUT2D eigenvalue weighted by atomic mass is 10.3. The minimum atomic E-state index is 0.709. The largest absolute Gasteiger partial charge is 0.330 e. The van der Waals surface area contributed by atoms with Gasteiger partial charge in [-0.05, 0) is 19.0 Å². The summed E-state index contributed by atoms with van der Waals surface area (Å²) in [6.45, 7) is 0.709. The van der Waals surface area contributed by atoms with Gasteiger partial charge in [0.25, 0.3) is 0 Å². The summed E-state index contributed by atoms with van der Waals surface area (Å²) in [4.78, 5) is 4.08.